The Morgan fingerprint density at radius 2 is 1.74 bits per heavy atom. The molecule has 6 heteroatoms. The average molecular weight is 321 g/mol. The van der Waals surface area contributed by atoms with Crippen molar-refractivity contribution < 1.29 is 14.0 Å². The van der Waals surface area contributed by atoms with Gasteiger partial charge in [-0.05, 0) is 49.1 Å². The summed E-state index contributed by atoms with van der Waals surface area (Å²) < 4.78 is 12.8. The van der Waals surface area contributed by atoms with Crippen molar-refractivity contribution in [2.24, 2.45) is 11.1 Å². The summed E-state index contributed by atoms with van der Waals surface area (Å²) in [5.41, 5.74) is 6.25. The molecule has 2 rings (SSSR count). The standard InChI is InChI=1S/C17H24FN3O2/c18-13-4-6-14(7-5-13)21-16(23)11-20-15(22)10-17(12-19)8-2-1-3-9-17/h4-7H,1-3,8-12,19H2,(H,20,22)(H,21,23). The molecule has 0 heterocycles. The zero-order valence-corrected chi connectivity index (χ0v) is 13.2. The molecule has 0 atom stereocenters. The number of nitrogens with two attached hydrogens (primary N) is 1. The second-order valence-corrected chi connectivity index (χ2v) is 6.27. The van der Waals surface area contributed by atoms with Gasteiger partial charge < -0.3 is 16.4 Å². The van der Waals surface area contributed by atoms with Gasteiger partial charge >= 0.3 is 0 Å². The fraction of sp³-hybridized carbons (Fsp3) is 0.529. The Labute approximate surface area is 135 Å². The van der Waals surface area contributed by atoms with Crippen molar-refractivity contribution in [3.8, 4) is 0 Å². The van der Waals surface area contributed by atoms with Gasteiger partial charge in [-0.3, -0.25) is 9.59 Å². The van der Waals surface area contributed by atoms with Gasteiger partial charge in [-0.15, -0.1) is 0 Å². The molecule has 1 aliphatic rings. The monoisotopic (exact) mass is 321 g/mol. The maximum atomic E-state index is 12.8. The summed E-state index contributed by atoms with van der Waals surface area (Å²) in [6.07, 6.45) is 5.72. The normalized spacial score (nSPS) is 16.6. The van der Waals surface area contributed by atoms with E-state index in [4.69, 9.17) is 5.73 Å². The van der Waals surface area contributed by atoms with Crippen molar-refractivity contribution in [2.45, 2.75) is 38.5 Å². The minimum Gasteiger partial charge on any atom is -0.347 e. The van der Waals surface area contributed by atoms with E-state index < -0.39 is 0 Å². The molecular weight excluding hydrogens is 297 g/mol. The molecule has 2 amide bonds. The third-order valence-electron chi connectivity index (χ3n) is 4.46. The van der Waals surface area contributed by atoms with Crippen molar-refractivity contribution in [3.63, 3.8) is 0 Å². The third-order valence-corrected chi connectivity index (χ3v) is 4.46. The molecule has 1 aromatic rings. The lowest BCUT2D eigenvalue weighted by molar-refractivity contribution is -0.126. The molecule has 0 radical (unpaired) electrons. The number of hydrogen-bond acceptors (Lipinski definition) is 3. The number of halogens is 1. The SMILES string of the molecule is NCC1(CC(=O)NCC(=O)Nc2ccc(F)cc2)CCCCC1. The van der Waals surface area contributed by atoms with Crippen LogP contribution in [0.25, 0.3) is 0 Å². The minimum atomic E-state index is -0.365. The van der Waals surface area contributed by atoms with Crippen LogP contribution in [0.1, 0.15) is 38.5 Å². The highest BCUT2D eigenvalue weighted by atomic mass is 19.1. The summed E-state index contributed by atoms with van der Waals surface area (Å²) in [5.74, 6) is -0.849. The summed E-state index contributed by atoms with van der Waals surface area (Å²) >= 11 is 0. The van der Waals surface area contributed by atoms with E-state index in [1.54, 1.807) is 0 Å². The van der Waals surface area contributed by atoms with E-state index in [0.29, 0.717) is 18.7 Å². The van der Waals surface area contributed by atoms with Gasteiger partial charge in [0.05, 0.1) is 6.54 Å². The lowest BCUT2D eigenvalue weighted by Gasteiger charge is -2.35. The highest BCUT2D eigenvalue weighted by Crippen LogP contribution is 2.38. The van der Waals surface area contributed by atoms with Crippen molar-refractivity contribution in [3.05, 3.63) is 30.1 Å². The van der Waals surface area contributed by atoms with E-state index in [1.165, 1.54) is 30.7 Å². The first-order valence-electron chi connectivity index (χ1n) is 8.05. The van der Waals surface area contributed by atoms with Crippen LogP contribution >= 0.6 is 0 Å². The highest BCUT2D eigenvalue weighted by molar-refractivity contribution is 5.94. The molecule has 0 bridgehead atoms. The molecule has 0 spiro atoms. The number of carbonyl (C=O) groups is 2. The van der Waals surface area contributed by atoms with E-state index in [1.807, 2.05) is 0 Å². The number of anilines is 1. The number of hydrogen-bond donors (Lipinski definition) is 3. The van der Waals surface area contributed by atoms with Gasteiger partial charge in [-0.25, -0.2) is 4.39 Å². The van der Waals surface area contributed by atoms with E-state index in [9.17, 15) is 14.0 Å². The van der Waals surface area contributed by atoms with E-state index >= 15 is 0 Å². The minimum absolute atomic E-state index is 0.100. The fourth-order valence-corrected chi connectivity index (χ4v) is 3.08. The topological polar surface area (TPSA) is 84.2 Å². The van der Waals surface area contributed by atoms with Crippen LogP contribution in [0.4, 0.5) is 10.1 Å². The molecule has 23 heavy (non-hydrogen) atoms. The molecule has 126 valence electrons. The van der Waals surface area contributed by atoms with Crippen LogP contribution in [0.15, 0.2) is 24.3 Å². The van der Waals surface area contributed by atoms with E-state index in [2.05, 4.69) is 10.6 Å². The molecule has 4 N–H and O–H groups in total. The Bertz CT molecular complexity index is 539. The first-order valence-corrected chi connectivity index (χ1v) is 8.05. The first kappa shape index (κ1) is 17.4. The van der Waals surface area contributed by atoms with Gasteiger partial charge in [0.1, 0.15) is 5.82 Å². The number of nitrogens with one attached hydrogen (secondary N) is 2. The molecule has 1 aliphatic carbocycles. The summed E-state index contributed by atoms with van der Waals surface area (Å²) in [5, 5.41) is 5.25. The number of benzene rings is 1. The predicted molar refractivity (Wildman–Crippen MR) is 87.2 cm³/mol. The molecular formula is C17H24FN3O2. The van der Waals surface area contributed by atoms with Gasteiger partial charge in [0, 0.05) is 12.1 Å². The predicted octanol–water partition coefficient (Wildman–Crippen LogP) is 2.18. The van der Waals surface area contributed by atoms with Crippen LogP contribution in [0, 0.1) is 11.2 Å². The van der Waals surface area contributed by atoms with Crippen LogP contribution in [-0.4, -0.2) is 24.9 Å². The zero-order chi connectivity index (χ0) is 16.7. The Hall–Kier alpha value is -1.95. The lowest BCUT2D eigenvalue weighted by atomic mass is 9.71. The highest BCUT2D eigenvalue weighted by Gasteiger charge is 2.32. The summed E-state index contributed by atoms with van der Waals surface area (Å²) in [6.45, 7) is 0.402. The Kier molecular flexibility index (Phi) is 6.10. The van der Waals surface area contributed by atoms with Crippen LogP contribution in [-0.2, 0) is 9.59 Å². The maximum Gasteiger partial charge on any atom is 0.243 e. The summed E-state index contributed by atoms with van der Waals surface area (Å²) in [7, 11) is 0. The Morgan fingerprint density at radius 3 is 2.35 bits per heavy atom. The molecule has 0 saturated heterocycles. The van der Waals surface area contributed by atoms with Crippen molar-refractivity contribution in [1.29, 1.82) is 0 Å². The summed E-state index contributed by atoms with van der Waals surface area (Å²) in [6, 6.07) is 5.48. The summed E-state index contributed by atoms with van der Waals surface area (Å²) in [4.78, 5) is 23.9. The molecule has 0 aromatic heterocycles. The maximum absolute atomic E-state index is 12.8. The fourth-order valence-electron chi connectivity index (χ4n) is 3.08. The molecule has 1 saturated carbocycles. The van der Waals surface area contributed by atoms with E-state index in [0.717, 1.165) is 25.7 Å². The van der Waals surface area contributed by atoms with Crippen molar-refractivity contribution in [1.82, 2.24) is 5.32 Å². The van der Waals surface area contributed by atoms with Gasteiger partial charge in [0.15, 0.2) is 0 Å². The Morgan fingerprint density at radius 1 is 1.09 bits per heavy atom. The average Bonchev–Trinajstić information content (AvgIpc) is 2.56. The Balaban J connectivity index is 1.77. The van der Waals surface area contributed by atoms with Crippen LogP contribution < -0.4 is 16.4 Å². The van der Waals surface area contributed by atoms with Crippen molar-refractivity contribution in [2.75, 3.05) is 18.4 Å². The molecule has 0 unspecified atom stereocenters. The second kappa shape index (κ2) is 8.06. The molecule has 5 nitrogen and oxygen atoms in total. The number of rotatable bonds is 6. The third kappa shape index (κ3) is 5.32. The number of carbonyl (C=O) groups excluding carboxylic acids is 2. The smallest absolute Gasteiger partial charge is 0.243 e. The molecule has 1 fully saturated rings. The number of amides is 2. The first-order chi connectivity index (χ1) is 11.0. The largest absolute Gasteiger partial charge is 0.347 e. The second-order valence-electron chi connectivity index (χ2n) is 6.27. The van der Waals surface area contributed by atoms with Crippen LogP contribution in [0.2, 0.25) is 0 Å². The molecule has 1 aromatic carbocycles. The zero-order valence-electron chi connectivity index (χ0n) is 13.2. The lowest BCUT2D eigenvalue weighted by Crippen LogP contribution is -2.40. The van der Waals surface area contributed by atoms with Gasteiger partial charge in [0.25, 0.3) is 0 Å². The van der Waals surface area contributed by atoms with Gasteiger partial charge in [0.2, 0.25) is 11.8 Å². The van der Waals surface area contributed by atoms with Crippen LogP contribution in [0.5, 0.6) is 0 Å². The molecule has 0 aliphatic heterocycles. The van der Waals surface area contributed by atoms with Crippen LogP contribution in [0.3, 0.4) is 0 Å². The quantitative estimate of drug-likeness (QED) is 0.751. The van der Waals surface area contributed by atoms with Gasteiger partial charge in [-0.2, -0.15) is 0 Å². The van der Waals surface area contributed by atoms with Crippen molar-refractivity contribution >= 4 is 17.5 Å². The van der Waals surface area contributed by atoms with Gasteiger partial charge in [-0.1, -0.05) is 19.3 Å². The van der Waals surface area contributed by atoms with E-state index in [-0.39, 0.29) is 29.6 Å².